The number of hydrogen-bond acceptors (Lipinski definition) is 5. The number of aliphatic hydroxyl groups is 1. The molecule has 0 spiro atoms. The van der Waals surface area contributed by atoms with E-state index in [2.05, 4.69) is 0 Å². The largest absolute Gasteiger partial charge is 0.462 e. The molecule has 0 aromatic carbocycles. The maximum absolute atomic E-state index is 11.7. The second-order valence-corrected chi connectivity index (χ2v) is 5.11. The molecule has 0 saturated heterocycles. The van der Waals surface area contributed by atoms with Gasteiger partial charge in [-0.3, -0.25) is 19.3 Å². The monoisotopic (exact) mass is 269 g/mol. The lowest BCUT2D eigenvalue weighted by Gasteiger charge is -2.23. The summed E-state index contributed by atoms with van der Waals surface area (Å²) in [6.45, 7) is 4.95. The van der Waals surface area contributed by atoms with Crippen LogP contribution in [0.25, 0.3) is 0 Å². The van der Waals surface area contributed by atoms with Crippen molar-refractivity contribution in [2.75, 3.05) is 13.2 Å². The summed E-state index contributed by atoms with van der Waals surface area (Å²) in [5.74, 6) is -1.35. The summed E-state index contributed by atoms with van der Waals surface area (Å²) in [4.78, 5) is 35.1. The fourth-order valence-electron chi connectivity index (χ4n) is 1.39. The number of carbonyl (C=O) groups is 3. The van der Waals surface area contributed by atoms with E-state index in [0.29, 0.717) is 6.42 Å². The van der Waals surface area contributed by atoms with E-state index in [9.17, 15) is 19.5 Å². The highest BCUT2D eigenvalue weighted by atomic mass is 16.5. The topological polar surface area (TPSA) is 83.9 Å². The van der Waals surface area contributed by atoms with Crippen molar-refractivity contribution in [1.82, 2.24) is 4.90 Å². The molecule has 1 heterocycles. The highest BCUT2D eigenvalue weighted by molar-refractivity contribution is 6.12. The van der Waals surface area contributed by atoms with Crippen LogP contribution in [0.3, 0.4) is 0 Å². The normalized spacial score (nSPS) is 16.9. The first kappa shape index (κ1) is 15.4. The van der Waals surface area contributed by atoms with Gasteiger partial charge in [0.1, 0.15) is 12.7 Å². The minimum atomic E-state index is -1.08. The van der Waals surface area contributed by atoms with Crippen molar-refractivity contribution in [3.63, 3.8) is 0 Å². The molecule has 0 radical (unpaired) electrons. The van der Waals surface area contributed by atoms with Crippen LogP contribution in [-0.2, 0) is 19.1 Å². The van der Waals surface area contributed by atoms with Crippen LogP contribution < -0.4 is 0 Å². The number of rotatable bonds is 6. The molecule has 19 heavy (non-hydrogen) atoms. The van der Waals surface area contributed by atoms with Gasteiger partial charge in [0.25, 0.3) is 11.8 Å². The number of β-amino-alcohol motifs (C(OH)–C–C–N with tert-alkyl or cyclic N) is 1. The van der Waals surface area contributed by atoms with Crippen molar-refractivity contribution in [3.05, 3.63) is 12.2 Å². The van der Waals surface area contributed by atoms with Crippen molar-refractivity contribution in [2.24, 2.45) is 5.41 Å². The molecule has 0 aromatic heterocycles. The molecule has 2 amide bonds. The SMILES string of the molecule is CCC(C)(C)C(=O)OCC(O)CN1C(=O)C=CC1=O. The average molecular weight is 269 g/mol. The third kappa shape index (κ3) is 3.89. The number of esters is 1. The lowest BCUT2D eigenvalue weighted by Crippen LogP contribution is -2.40. The maximum Gasteiger partial charge on any atom is 0.311 e. The zero-order valence-electron chi connectivity index (χ0n) is 11.4. The molecule has 0 bridgehead atoms. The molecular formula is C13H19NO5. The van der Waals surface area contributed by atoms with Crippen LogP contribution in [0.15, 0.2) is 12.2 Å². The van der Waals surface area contributed by atoms with Crippen molar-refractivity contribution < 1.29 is 24.2 Å². The summed E-state index contributed by atoms with van der Waals surface area (Å²) in [6.07, 6.45) is 1.82. The van der Waals surface area contributed by atoms with E-state index in [1.54, 1.807) is 13.8 Å². The summed E-state index contributed by atoms with van der Waals surface area (Å²) in [5.41, 5.74) is -0.611. The Hall–Kier alpha value is -1.69. The van der Waals surface area contributed by atoms with Gasteiger partial charge in [-0.15, -0.1) is 0 Å². The first-order valence-electron chi connectivity index (χ1n) is 6.16. The standard InChI is InChI=1S/C13H19NO5/c1-4-13(2,3)12(18)19-8-9(15)7-14-10(16)5-6-11(14)17/h5-6,9,15H,4,7-8H2,1-3H3. The predicted octanol–water partition coefficient (Wildman–Crippen LogP) is 0.252. The van der Waals surface area contributed by atoms with E-state index in [0.717, 1.165) is 17.1 Å². The van der Waals surface area contributed by atoms with Gasteiger partial charge >= 0.3 is 5.97 Å². The number of hydrogen-bond donors (Lipinski definition) is 1. The van der Waals surface area contributed by atoms with E-state index >= 15 is 0 Å². The van der Waals surface area contributed by atoms with Crippen molar-refractivity contribution >= 4 is 17.8 Å². The van der Waals surface area contributed by atoms with E-state index in [-0.39, 0.29) is 13.2 Å². The molecule has 1 aliphatic heterocycles. The van der Waals surface area contributed by atoms with Crippen LogP contribution in [0.2, 0.25) is 0 Å². The summed E-state index contributed by atoms with van der Waals surface area (Å²) in [6, 6.07) is 0. The Labute approximate surface area is 112 Å². The van der Waals surface area contributed by atoms with E-state index in [1.807, 2.05) is 6.92 Å². The Morgan fingerprint density at radius 3 is 2.37 bits per heavy atom. The molecule has 1 N–H and O–H groups in total. The zero-order valence-corrected chi connectivity index (χ0v) is 11.4. The Kier molecular flexibility index (Phi) is 4.83. The van der Waals surface area contributed by atoms with Crippen molar-refractivity contribution in [1.29, 1.82) is 0 Å². The van der Waals surface area contributed by atoms with Gasteiger partial charge in [0, 0.05) is 12.2 Å². The fourth-order valence-corrected chi connectivity index (χ4v) is 1.39. The third-order valence-electron chi connectivity index (χ3n) is 3.14. The lowest BCUT2D eigenvalue weighted by atomic mass is 9.91. The molecule has 1 rings (SSSR count). The first-order valence-corrected chi connectivity index (χ1v) is 6.16. The smallest absolute Gasteiger partial charge is 0.311 e. The average Bonchev–Trinajstić information content (AvgIpc) is 2.67. The van der Waals surface area contributed by atoms with Gasteiger partial charge in [0.05, 0.1) is 12.0 Å². The highest BCUT2D eigenvalue weighted by Gasteiger charge is 2.29. The Morgan fingerprint density at radius 1 is 1.37 bits per heavy atom. The van der Waals surface area contributed by atoms with Gasteiger partial charge < -0.3 is 9.84 Å². The van der Waals surface area contributed by atoms with Gasteiger partial charge in [0.15, 0.2) is 0 Å². The molecule has 106 valence electrons. The Bertz CT molecular complexity index is 395. The molecule has 1 atom stereocenters. The van der Waals surface area contributed by atoms with Gasteiger partial charge in [-0.05, 0) is 20.3 Å². The quantitative estimate of drug-likeness (QED) is 0.552. The first-order chi connectivity index (χ1) is 8.77. The van der Waals surface area contributed by atoms with Gasteiger partial charge in [0.2, 0.25) is 0 Å². The highest BCUT2D eigenvalue weighted by Crippen LogP contribution is 2.21. The maximum atomic E-state index is 11.7. The number of ether oxygens (including phenoxy) is 1. The van der Waals surface area contributed by atoms with Crippen LogP contribution in [0.5, 0.6) is 0 Å². The molecule has 0 fully saturated rings. The zero-order chi connectivity index (χ0) is 14.6. The summed E-state index contributed by atoms with van der Waals surface area (Å²) < 4.78 is 4.98. The molecular weight excluding hydrogens is 250 g/mol. The Balaban J connectivity index is 2.41. The second-order valence-electron chi connectivity index (χ2n) is 5.11. The second kappa shape index (κ2) is 5.97. The summed E-state index contributed by atoms with van der Waals surface area (Å²) >= 11 is 0. The summed E-state index contributed by atoms with van der Waals surface area (Å²) in [7, 11) is 0. The number of nitrogens with zero attached hydrogens (tertiary/aromatic N) is 1. The van der Waals surface area contributed by atoms with E-state index in [4.69, 9.17) is 4.74 Å². The van der Waals surface area contributed by atoms with Gasteiger partial charge in [-0.2, -0.15) is 0 Å². The van der Waals surface area contributed by atoms with Crippen LogP contribution in [0, 0.1) is 5.41 Å². The van der Waals surface area contributed by atoms with Crippen molar-refractivity contribution in [2.45, 2.75) is 33.3 Å². The molecule has 0 aliphatic carbocycles. The van der Waals surface area contributed by atoms with Crippen LogP contribution in [-0.4, -0.2) is 47.0 Å². The van der Waals surface area contributed by atoms with Crippen LogP contribution in [0.1, 0.15) is 27.2 Å². The molecule has 6 nitrogen and oxygen atoms in total. The number of carbonyl (C=O) groups excluding carboxylic acids is 3. The van der Waals surface area contributed by atoms with E-state index in [1.165, 1.54) is 0 Å². The fraction of sp³-hybridized carbons (Fsp3) is 0.615. The van der Waals surface area contributed by atoms with Crippen molar-refractivity contribution in [3.8, 4) is 0 Å². The minimum absolute atomic E-state index is 0.176. The molecule has 1 unspecified atom stereocenters. The molecule has 0 saturated carbocycles. The van der Waals surface area contributed by atoms with Crippen LogP contribution >= 0.6 is 0 Å². The number of aliphatic hydroxyl groups excluding tert-OH is 1. The molecule has 6 heteroatoms. The molecule has 1 aliphatic rings. The van der Waals surface area contributed by atoms with Gasteiger partial charge in [-0.1, -0.05) is 6.92 Å². The van der Waals surface area contributed by atoms with E-state index < -0.39 is 29.3 Å². The third-order valence-corrected chi connectivity index (χ3v) is 3.14. The minimum Gasteiger partial charge on any atom is -0.462 e. The summed E-state index contributed by atoms with van der Waals surface area (Å²) in [5, 5.41) is 9.68. The Morgan fingerprint density at radius 2 is 1.89 bits per heavy atom. The number of amides is 2. The van der Waals surface area contributed by atoms with Gasteiger partial charge in [-0.25, -0.2) is 0 Å². The van der Waals surface area contributed by atoms with Crippen LogP contribution in [0.4, 0.5) is 0 Å². The molecule has 0 aromatic rings. The number of imide groups is 1. The lowest BCUT2D eigenvalue weighted by molar-refractivity contribution is -0.157. The predicted molar refractivity (Wildman–Crippen MR) is 66.9 cm³/mol.